The molecular weight excluding hydrogens is 544 g/mol. The van der Waals surface area contributed by atoms with Crippen molar-refractivity contribution in [2.24, 2.45) is 4.99 Å². The van der Waals surface area contributed by atoms with Crippen LogP contribution in [0.1, 0.15) is 42.8 Å². The number of amidine groups is 1. The van der Waals surface area contributed by atoms with Crippen LogP contribution in [0.2, 0.25) is 5.02 Å². The average Bonchev–Trinajstić information content (AvgIpc) is 3.56. The van der Waals surface area contributed by atoms with Crippen molar-refractivity contribution in [1.82, 2.24) is 19.5 Å². The summed E-state index contributed by atoms with van der Waals surface area (Å²) in [6.07, 6.45) is -0.302. The molecule has 3 aromatic rings. The molecule has 2 aliphatic heterocycles. The first-order valence-electron chi connectivity index (χ1n) is 12.3. The largest absolute Gasteiger partial charge is 0.490 e. The van der Waals surface area contributed by atoms with Crippen LogP contribution in [0.5, 0.6) is 5.75 Å². The number of nitro benzene ring substituents is 1. The van der Waals surface area contributed by atoms with Gasteiger partial charge in [-0.2, -0.15) is 4.37 Å². The topological polar surface area (TPSA) is 130 Å². The number of carbonyl (C=O) groups excluding carboxylic acids is 2. The van der Waals surface area contributed by atoms with Gasteiger partial charge >= 0.3 is 6.03 Å². The summed E-state index contributed by atoms with van der Waals surface area (Å²) in [5, 5.41) is 16.7. The second-order valence-electron chi connectivity index (χ2n) is 9.35. The maximum absolute atomic E-state index is 14.2. The predicted molar refractivity (Wildman–Crippen MR) is 146 cm³/mol. The van der Waals surface area contributed by atoms with E-state index in [-0.39, 0.29) is 35.8 Å². The van der Waals surface area contributed by atoms with Crippen molar-refractivity contribution in [3.8, 4) is 5.75 Å². The third-order valence-electron chi connectivity index (χ3n) is 6.33. The van der Waals surface area contributed by atoms with Crippen LogP contribution in [0.4, 0.5) is 10.5 Å². The van der Waals surface area contributed by atoms with Gasteiger partial charge in [-0.1, -0.05) is 23.7 Å². The molecule has 1 aromatic heterocycles. The van der Waals surface area contributed by atoms with Crippen LogP contribution in [-0.4, -0.2) is 62.6 Å². The highest BCUT2D eigenvalue weighted by Gasteiger charge is 2.46. The smallest absolute Gasteiger partial charge is 0.326 e. The molecule has 202 valence electrons. The number of ether oxygens (including phenoxy) is 1. The zero-order chi connectivity index (χ0) is 27.7. The first-order chi connectivity index (χ1) is 18.7. The van der Waals surface area contributed by atoms with Crippen molar-refractivity contribution >= 4 is 46.6 Å². The number of amides is 3. The fraction of sp³-hybridized carbons (Fsp3) is 0.308. The Morgan fingerprint density at radius 2 is 2.00 bits per heavy atom. The van der Waals surface area contributed by atoms with E-state index in [4.69, 9.17) is 21.3 Å². The summed E-state index contributed by atoms with van der Waals surface area (Å²) < 4.78 is 10.5. The van der Waals surface area contributed by atoms with E-state index in [0.717, 1.165) is 5.56 Å². The lowest BCUT2D eigenvalue weighted by molar-refractivity contribution is -0.384. The highest BCUT2D eigenvalue weighted by Crippen LogP contribution is 2.45. The van der Waals surface area contributed by atoms with E-state index in [1.165, 1.54) is 33.5 Å². The van der Waals surface area contributed by atoms with E-state index in [9.17, 15) is 19.7 Å². The van der Waals surface area contributed by atoms with Gasteiger partial charge in [0, 0.05) is 29.6 Å². The van der Waals surface area contributed by atoms with Crippen molar-refractivity contribution in [1.29, 1.82) is 0 Å². The van der Waals surface area contributed by atoms with Crippen LogP contribution in [0, 0.1) is 10.1 Å². The van der Waals surface area contributed by atoms with Crippen molar-refractivity contribution in [3.63, 3.8) is 0 Å². The Morgan fingerprint density at radius 1 is 1.23 bits per heavy atom. The second-order valence-corrected chi connectivity index (χ2v) is 10.4. The second kappa shape index (κ2) is 11.0. The standard InChI is InChI=1S/C26H25ClN6O5S/c1-15(2)38-21-13-18(33(36)37)7-8-19(21)25-29-23(16-3-5-17(27)6-4-16)24(20-9-12-39-30-20)32(25)26(35)31-11-10-28-22(34)14-31/h3-9,12-13,15,23-24H,10-11,14H2,1-2H3,(H,28,34). The van der Waals surface area contributed by atoms with E-state index in [0.29, 0.717) is 29.4 Å². The Hall–Kier alpha value is -4.03. The Kier molecular flexibility index (Phi) is 7.49. The molecule has 0 saturated carbocycles. The van der Waals surface area contributed by atoms with Crippen molar-refractivity contribution < 1.29 is 19.2 Å². The number of urea groups is 1. The molecule has 2 unspecified atom stereocenters. The molecule has 5 rings (SSSR count). The SMILES string of the molecule is CC(C)Oc1cc([N+](=O)[O-])ccc1C1=NC(c2ccc(Cl)cc2)C(c2ccsn2)N1C(=O)N1CCNC(=O)C1. The number of hydrogen-bond acceptors (Lipinski definition) is 8. The van der Waals surface area contributed by atoms with Gasteiger partial charge < -0.3 is 15.0 Å². The normalized spacial score (nSPS) is 19.2. The number of rotatable bonds is 6. The molecule has 1 fully saturated rings. The molecule has 3 heterocycles. The van der Waals surface area contributed by atoms with Gasteiger partial charge in [0.2, 0.25) is 5.91 Å². The number of benzene rings is 2. The van der Waals surface area contributed by atoms with Gasteiger partial charge in [0.25, 0.3) is 5.69 Å². The van der Waals surface area contributed by atoms with Gasteiger partial charge in [0.05, 0.1) is 28.4 Å². The van der Waals surface area contributed by atoms with E-state index in [1.807, 2.05) is 37.4 Å². The maximum atomic E-state index is 14.2. The minimum absolute atomic E-state index is 0.104. The highest BCUT2D eigenvalue weighted by molar-refractivity contribution is 7.03. The lowest BCUT2D eigenvalue weighted by Gasteiger charge is -2.35. The number of halogens is 1. The quantitative estimate of drug-likeness (QED) is 0.342. The summed E-state index contributed by atoms with van der Waals surface area (Å²) in [7, 11) is 0. The number of nitro groups is 1. The fourth-order valence-electron chi connectivity index (χ4n) is 4.65. The molecule has 2 atom stereocenters. The van der Waals surface area contributed by atoms with Crippen molar-refractivity contribution in [3.05, 3.63) is 85.9 Å². The first-order valence-corrected chi connectivity index (χ1v) is 13.5. The molecule has 39 heavy (non-hydrogen) atoms. The fourth-order valence-corrected chi connectivity index (χ4v) is 5.32. The molecule has 2 aliphatic rings. The number of carbonyl (C=O) groups is 2. The van der Waals surface area contributed by atoms with Gasteiger partial charge in [-0.3, -0.25) is 24.8 Å². The highest BCUT2D eigenvalue weighted by atomic mass is 35.5. The lowest BCUT2D eigenvalue weighted by atomic mass is 9.97. The van der Waals surface area contributed by atoms with E-state index in [1.54, 1.807) is 18.2 Å². The summed E-state index contributed by atoms with van der Waals surface area (Å²) >= 11 is 7.41. The van der Waals surface area contributed by atoms with E-state index in [2.05, 4.69) is 9.69 Å². The third kappa shape index (κ3) is 5.43. The summed E-state index contributed by atoms with van der Waals surface area (Å²) in [6.45, 7) is 4.16. The summed E-state index contributed by atoms with van der Waals surface area (Å²) in [5.41, 5.74) is 1.70. The number of non-ortho nitro benzene ring substituents is 1. The number of nitrogens with zero attached hydrogens (tertiary/aromatic N) is 5. The average molecular weight is 569 g/mol. The number of nitrogens with one attached hydrogen (secondary N) is 1. The molecule has 2 aromatic carbocycles. The molecule has 11 nitrogen and oxygen atoms in total. The molecule has 3 amide bonds. The maximum Gasteiger partial charge on any atom is 0.326 e. The zero-order valence-corrected chi connectivity index (χ0v) is 22.7. The van der Waals surface area contributed by atoms with Crippen LogP contribution in [0.25, 0.3) is 0 Å². The Bertz CT molecular complexity index is 1430. The molecule has 13 heteroatoms. The van der Waals surface area contributed by atoms with Gasteiger partial charge in [0.15, 0.2) is 0 Å². The summed E-state index contributed by atoms with van der Waals surface area (Å²) in [6, 6.07) is 11.6. The number of piperazine rings is 1. The van der Waals surface area contributed by atoms with E-state index < -0.39 is 23.0 Å². The predicted octanol–water partition coefficient (Wildman–Crippen LogP) is 4.59. The lowest BCUT2D eigenvalue weighted by Crippen LogP contribution is -2.55. The molecule has 0 radical (unpaired) electrons. The molecule has 0 spiro atoms. The molecule has 1 saturated heterocycles. The van der Waals surface area contributed by atoms with Crippen LogP contribution in [-0.2, 0) is 4.79 Å². The third-order valence-corrected chi connectivity index (χ3v) is 7.16. The summed E-state index contributed by atoms with van der Waals surface area (Å²) in [4.78, 5) is 45.4. The first kappa shape index (κ1) is 26.6. The van der Waals surface area contributed by atoms with Gasteiger partial charge in [-0.25, -0.2) is 4.79 Å². The molecular formula is C26H25ClN6O5S. The number of aromatic nitrogens is 1. The Morgan fingerprint density at radius 3 is 2.64 bits per heavy atom. The number of aliphatic imine (C=N–C) groups is 1. The monoisotopic (exact) mass is 568 g/mol. The Balaban J connectivity index is 1.70. The van der Waals surface area contributed by atoms with Crippen molar-refractivity contribution in [2.45, 2.75) is 32.0 Å². The van der Waals surface area contributed by atoms with Gasteiger partial charge in [0.1, 0.15) is 30.2 Å². The van der Waals surface area contributed by atoms with Crippen LogP contribution in [0.15, 0.2) is 58.9 Å². The minimum atomic E-state index is -0.646. The minimum Gasteiger partial charge on any atom is -0.490 e. The molecule has 1 N–H and O–H groups in total. The summed E-state index contributed by atoms with van der Waals surface area (Å²) in [5.74, 6) is 0.237. The van der Waals surface area contributed by atoms with Gasteiger partial charge in [-0.05, 0) is 55.2 Å². The zero-order valence-electron chi connectivity index (χ0n) is 21.1. The molecule has 0 bridgehead atoms. The van der Waals surface area contributed by atoms with Crippen LogP contribution >= 0.6 is 23.1 Å². The Labute approximate surface area is 233 Å². The van der Waals surface area contributed by atoms with Gasteiger partial charge in [-0.15, -0.1) is 0 Å². The van der Waals surface area contributed by atoms with Crippen molar-refractivity contribution in [2.75, 3.05) is 19.6 Å². The number of hydrogen-bond donors (Lipinski definition) is 1. The van der Waals surface area contributed by atoms with Crippen LogP contribution in [0.3, 0.4) is 0 Å². The molecule has 0 aliphatic carbocycles. The van der Waals surface area contributed by atoms with E-state index >= 15 is 0 Å². The van der Waals surface area contributed by atoms with Crippen LogP contribution < -0.4 is 10.1 Å².